The van der Waals surface area contributed by atoms with Crippen LogP contribution in [0, 0.1) is 0 Å². The number of hydrogen-bond acceptors (Lipinski definition) is 4. The summed E-state index contributed by atoms with van der Waals surface area (Å²) in [5.41, 5.74) is 7.31. The number of likely N-dealkylation sites (tertiary alicyclic amines) is 1. The Morgan fingerprint density at radius 2 is 1.95 bits per heavy atom. The lowest BCUT2D eigenvalue weighted by Gasteiger charge is -2.38. The van der Waals surface area contributed by atoms with Gasteiger partial charge in [0.05, 0.1) is 12.1 Å². The van der Waals surface area contributed by atoms with Gasteiger partial charge in [-0.2, -0.15) is 0 Å². The fourth-order valence-corrected chi connectivity index (χ4v) is 3.43. The van der Waals surface area contributed by atoms with E-state index < -0.39 is 0 Å². The number of halogens is 1. The molecule has 5 heteroatoms. The minimum Gasteiger partial charge on any atom is -0.369 e. The normalized spacial score (nSPS) is 27.7. The minimum atomic E-state index is 0.0443. The lowest BCUT2D eigenvalue weighted by atomic mass is 9.89. The van der Waals surface area contributed by atoms with E-state index in [2.05, 4.69) is 21.8 Å². The number of hydrogen-bond donors (Lipinski definition) is 1. The summed E-state index contributed by atoms with van der Waals surface area (Å²) in [4.78, 5) is 9.15. The highest BCUT2D eigenvalue weighted by Crippen LogP contribution is 2.36. The fraction of sp³-hybridized carbons (Fsp3) is 0.533. The quantitative estimate of drug-likeness (QED) is 0.864. The van der Waals surface area contributed by atoms with Crippen LogP contribution in [0.4, 0.5) is 5.69 Å². The van der Waals surface area contributed by atoms with Crippen LogP contribution in [0.3, 0.4) is 0 Å². The maximum atomic E-state index is 6.17. The molecule has 1 fully saturated rings. The molecule has 0 aromatic heterocycles. The van der Waals surface area contributed by atoms with Gasteiger partial charge in [-0.25, -0.2) is 0 Å². The highest BCUT2D eigenvalue weighted by atomic mass is 35.5. The van der Waals surface area contributed by atoms with Gasteiger partial charge in [-0.15, -0.1) is 0 Å². The maximum Gasteiger partial charge on any atom is 0.196 e. The van der Waals surface area contributed by atoms with E-state index in [1.54, 1.807) is 0 Å². The second kappa shape index (κ2) is 5.26. The third kappa shape index (κ3) is 2.38. The van der Waals surface area contributed by atoms with Crippen molar-refractivity contribution in [2.24, 2.45) is 10.7 Å². The summed E-state index contributed by atoms with van der Waals surface area (Å²) >= 11 is 5.99. The van der Waals surface area contributed by atoms with Gasteiger partial charge in [-0.05, 0) is 57.1 Å². The Hall–Kier alpha value is -1.26. The first-order chi connectivity index (χ1) is 9.61. The number of nitrogens with two attached hydrogens (primary N) is 1. The van der Waals surface area contributed by atoms with Gasteiger partial charge in [0, 0.05) is 17.3 Å². The van der Waals surface area contributed by atoms with Crippen molar-refractivity contribution in [3.05, 3.63) is 29.3 Å². The average Bonchev–Trinajstić information content (AvgIpc) is 2.63. The zero-order valence-electron chi connectivity index (χ0n) is 11.8. The zero-order chi connectivity index (χ0) is 14.2. The van der Waals surface area contributed by atoms with Gasteiger partial charge in [0.1, 0.15) is 0 Å². The second-order valence-electron chi connectivity index (χ2n) is 5.87. The molecule has 2 aliphatic heterocycles. The third-order valence-electron chi connectivity index (χ3n) is 4.46. The molecule has 2 N–H and O–H groups in total. The van der Waals surface area contributed by atoms with Gasteiger partial charge in [-0.1, -0.05) is 11.6 Å². The molecule has 4 nitrogen and oxygen atoms in total. The van der Waals surface area contributed by atoms with Crippen LogP contribution < -0.4 is 10.6 Å². The van der Waals surface area contributed by atoms with Crippen molar-refractivity contribution in [2.75, 3.05) is 31.6 Å². The van der Waals surface area contributed by atoms with Gasteiger partial charge in [0.15, 0.2) is 5.96 Å². The van der Waals surface area contributed by atoms with E-state index in [0.717, 1.165) is 43.2 Å². The molecule has 3 rings (SSSR count). The number of benzene rings is 1. The van der Waals surface area contributed by atoms with Gasteiger partial charge in [0.2, 0.25) is 0 Å². The van der Waals surface area contributed by atoms with Gasteiger partial charge < -0.3 is 15.5 Å². The Morgan fingerprint density at radius 1 is 1.20 bits per heavy atom. The lowest BCUT2D eigenvalue weighted by molar-refractivity contribution is 0.334. The Morgan fingerprint density at radius 3 is 2.70 bits per heavy atom. The lowest BCUT2D eigenvalue weighted by Crippen LogP contribution is -2.52. The molecule has 2 aliphatic rings. The topological polar surface area (TPSA) is 44.9 Å². The average molecular weight is 293 g/mol. The minimum absolute atomic E-state index is 0.0443. The van der Waals surface area contributed by atoms with Crippen LogP contribution in [0.25, 0.3) is 0 Å². The number of rotatable bonds is 1. The van der Waals surface area contributed by atoms with Crippen molar-refractivity contribution in [2.45, 2.75) is 24.8 Å². The molecule has 1 aromatic carbocycles. The third-order valence-corrected chi connectivity index (χ3v) is 4.72. The SMILES string of the molecule is CN1CCCC2(CC1)CN=C(N)N2c1ccc(Cl)cc1. The summed E-state index contributed by atoms with van der Waals surface area (Å²) in [6.45, 7) is 3.04. The van der Waals surface area contributed by atoms with Crippen molar-refractivity contribution >= 4 is 23.2 Å². The first-order valence-electron chi connectivity index (χ1n) is 7.15. The molecule has 0 amide bonds. The summed E-state index contributed by atoms with van der Waals surface area (Å²) in [6, 6.07) is 7.90. The van der Waals surface area contributed by atoms with Gasteiger partial charge >= 0.3 is 0 Å². The van der Waals surface area contributed by atoms with Crippen molar-refractivity contribution < 1.29 is 0 Å². The molecule has 0 bridgehead atoms. The molecule has 1 spiro atoms. The molecule has 1 atom stereocenters. The van der Waals surface area contributed by atoms with E-state index in [9.17, 15) is 0 Å². The fourth-order valence-electron chi connectivity index (χ4n) is 3.30. The molecule has 0 saturated carbocycles. The number of guanidine groups is 1. The van der Waals surface area contributed by atoms with Crippen LogP contribution in [0.1, 0.15) is 19.3 Å². The molecular weight excluding hydrogens is 272 g/mol. The summed E-state index contributed by atoms with van der Waals surface area (Å²) < 4.78 is 0. The van der Waals surface area contributed by atoms with Crippen molar-refractivity contribution in [3.8, 4) is 0 Å². The molecule has 20 heavy (non-hydrogen) atoms. The second-order valence-corrected chi connectivity index (χ2v) is 6.30. The van der Waals surface area contributed by atoms with E-state index in [-0.39, 0.29) is 5.54 Å². The first-order valence-corrected chi connectivity index (χ1v) is 7.53. The molecule has 1 saturated heterocycles. The Kier molecular flexibility index (Phi) is 3.61. The predicted octanol–water partition coefficient (Wildman–Crippen LogP) is 2.33. The van der Waals surface area contributed by atoms with Crippen LogP contribution in [0.5, 0.6) is 0 Å². The summed E-state index contributed by atoms with van der Waals surface area (Å²) in [5.74, 6) is 0.636. The Balaban J connectivity index is 1.93. The van der Waals surface area contributed by atoms with Crippen molar-refractivity contribution in [1.82, 2.24) is 4.90 Å². The van der Waals surface area contributed by atoms with Crippen LogP contribution in [0.15, 0.2) is 29.3 Å². The Bertz CT molecular complexity index is 513. The van der Waals surface area contributed by atoms with E-state index in [4.69, 9.17) is 17.3 Å². The summed E-state index contributed by atoms with van der Waals surface area (Å²) in [5, 5.41) is 0.748. The van der Waals surface area contributed by atoms with Crippen molar-refractivity contribution in [1.29, 1.82) is 0 Å². The molecule has 2 heterocycles. The highest BCUT2D eigenvalue weighted by molar-refractivity contribution is 6.30. The molecule has 1 aromatic rings. The highest BCUT2D eigenvalue weighted by Gasteiger charge is 2.43. The number of nitrogens with zero attached hydrogens (tertiary/aromatic N) is 3. The molecule has 0 aliphatic carbocycles. The molecular formula is C15H21ClN4. The van der Waals surface area contributed by atoms with E-state index >= 15 is 0 Å². The number of aliphatic imine (C=N–C) groups is 1. The molecule has 0 radical (unpaired) electrons. The van der Waals surface area contributed by atoms with Crippen LogP contribution >= 0.6 is 11.6 Å². The molecule has 1 unspecified atom stereocenters. The monoisotopic (exact) mass is 292 g/mol. The van der Waals surface area contributed by atoms with Crippen LogP contribution in [-0.4, -0.2) is 43.1 Å². The van der Waals surface area contributed by atoms with Crippen LogP contribution in [-0.2, 0) is 0 Å². The Labute approximate surface area is 125 Å². The number of anilines is 1. The van der Waals surface area contributed by atoms with E-state index in [0.29, 0.717) is 5.96 Å². The van der Waals surface area contributed by atoms with Crippen molar-refractivity contribution in [3.63, 3.8) is 0 Å². The van der Waals surface area contributed by atoms with Gasteiger partial charge in [0.25, 0.3) is 0 Å². The maximum absolute atomic E-state index is 6.17. The zero-order valence-corrected chi connectivity index (χ0v) is 12.6. The summed E-state index contributed by atoms with van der Waals surface area (Å²) in [6.07, 6.45) is 3.41. The van der Waals surface area contributed by atoms with Crippen LogP contribution in [0.2, 0.25) is 5.02 Å². The van der Waals surface area contributed by atoms with Gasteiger partial charge in [-0.3, -0.25) is 4.99 Å². The smallest absolute Gasteiger partial charge is 0.196 e. The standard InChI is InChI=1S/C15H21ClN4/c1-19-9-2-7-15(8-10-19)11-18-14(17)20(15)13-5-3-12(16)4-6-13/h3-6H,2,7-11H2,1H3,(H2,17,18). The van der Waals surface area contributed by atoms with E-state index in [1.807, 2.05) is 24.3 Å². The molecule has 108 valence electrons. The largest absolute Gasteiger partial charge is 0.369 e. The van der Waals surface area contributed by atoms with E-state index in [1.165, 1.54) is 6.42 Å². The first kappa shape index (κ1) is 13.7. The predicted molar refractivity (Wildman–Crippen MR) is 84.5 cm³/mol. The summed E-state index contributed by atoms with van der Waals surface area (Å²) in [7, 11) is 2.19.